The summed E-state index contributed by atoms with van der Waals surface area (Å²) in [4.78, 5) is 15.0. The van der Waals surface area contributed by atoms with Gasteiger partial charge in [-0.05, 0) is 24.3 Å². The molecule has 0 saturated carbocycles. The SMILES string of the molecule is O=C(Nc1cnn(-c2ccccc2)c1)c1ccc[nH]c1=S. The van der Waals surface area contributed by atoms with Crippen molar-refractivity contribution < 1.29 is 4.79 Å². The highest BCUT2D eigenvalue weighted by Gasteiger charge is 2.09. The first-order valence-corrected chi connectivity index (χ1v) is 6.74. The minimum absolute atomic E-state index is 0.260. The van der Waals surface area contributed by atoms with E-state index in [2.05, 4.69) is 15.4 Å². The average molecular weight is 296 g/mol. The van der Waals surface area contributed by atoms with E-state index >= 15 is 0 Å². The molecule has 1 amide bonds. The van der Waals surface area contributed by atoms with Gasteiger partial charge in [-0.3, -0.25) is 4.79 Å². The maximum atomic E-state index is 12.1. The first-order valence-electron chi connectivity index (χ1n) is 6.33. The van der Waals surface area contributed by atoms with Gasteiger partial charge < -0.3 is 10.3 Å². The van der Waals surface area contributed by atoms with E-state index in [4.69, 9.17) is 12.2 Å². The van der Waals surface area contributed by atoms with Crippen molar-refractivity contribution >= 4 is 23.8 Å². The molecule has 0 radical (unpaired) electrons. The minimum atomic E-state index is -0.260. The summed E-state index contributed by atoms with van der Waals surface area (Å²) in [6.07, 6.45) is 5.04. The Bertz CT molecular complexity index is 823. The maximum absolute atomic E-state index is 12.1. The van der Waals surface area contributed by atoms with Crippen LogP contribution in [0.1, 0.15) is 10.4 Å². The number of carbonyl (C=O) groups excluding carboxylic acids is 1. The van der Waals surface area contributed by atoms with E-state index < -0.39 is 0 Å². The largest absolute Gasteiger partial charge is 0.352 e. The number of benzene rings is 1. The van der Waals surface area contributed by atoms with Crippen LogP contribution in [-0.4, -0.2) is 20.7 Å². The minimum Gasteiger partial charge on any atom is -0.352 e. The van der Waals surface area contributed by atoms with Gasteiger partial charge in [0.15, 0.2) is 0 Å². The standard InChI is InChI=1S/C15H12N4OS/c20-14(13-7-4-8-16-15(13)21)18-11-9-17-19(10-11)12-5-2-1-3-6-12/h1-10H,(H,16,21)(H,18,20). The second-order valence-electron chi connectivity index (χ2n) is 4.38. The van der Waals surface area contributed by atoms with Gasteiger partial charge in [-0.2, -0.15) is 5.10 Å². The number of hydrogen-bond acceptors (Lipinski definition) is 3. The predicted octanol–water partition coefficient (Wildman–Crippen LogP) is 3.18. The van der Waals surface area contributed by atoms with Gasteiger partial charge in [-0.1, -0.05) is 30.4 Å². The van der Waals surface area contributed by atoms with Crippen LogP contribution >= 0.6 is 12.2 Å². The molecule has 3 aromatic rings. The molecule has 1 aromatic carbocycles. The molecule has 0 spiro atoms. The lowest BCUT2D eigenvalue weighted by atomic mass is 10.2. The topological polar surface area (TPSA) is 62.7 Å². The third-order valence-corrected chi connectivity index (χ3v) is 3.26. The number of aromatic amines is 1. The van der Waals surface area contributed by atoms with E-state index in [1.165, 1.54) is 0 Å². The quantitative estimate of drug-likeness (QED) is 0.730. The first-order chi connectivity index (χ1) is 10.2. The fourth-order valence-electron chi connectivity index (χ4n) is 1.91. The molecule has 21 heavy (non-hydrogen) atoms. The lowest BCUT2D eigenvalue weighted by Gasteiger charge is -2.02. The van der Waals surface area contributed by atoms with Crippen LogP contribution in [0.15, 0.2) is 61.1 Å². The van der Waals surface area contributed by atoms with Crippen LogP contribution in [0.2, 0.25) is 0 Å². The average Bonchev–Trinajstić information content (AvgIpc) is 2.97. The molecule has 2 N–H and O–H groups in total. The van der Waals surface area contributed by atoms with Crippen LogP contribution in [0.25, 0.3) is 5.69 Å². The molecule has 0 saturated heterocycles. The number of amides is 1. The molecule has 0 aliphatic carbocycles. The molecule has 0 bridgehead atoms. The number of rotatable bonds is 3. The first kappa shape index (κ1) is 13.3. The van der Waals surface area contributed by atoms with Crippen molar-refractivity contribution in [3.05, 3.63) is 71.3 Å². The summed E-state index contributed by atoms with van der Waals surface area (Å²) in [5.74, 6) is -0.260. The number of para-hydroxylation sites is 1. The Labute approximate surface area is 126 Å². The van der Waals surface area contributed by atoms with E-state index in [-0.39, 0.29) is 5.91 Å². The van der Waals surface area contributed by atoms with Crippen molar-refractivity contribution in [1.29, 1.82) is 0 Å². The van der Waals surface area contributed by atoms with Crippen LogP contribution in [0.5, 0.6) is 0 Å². The Morgan fingerprint density at radius 1 is 1.19 bits per heavy atom. The number of anilines is 1. The Kier molecular flexibility index (Phi) is 3.61. The summed E-state index contributed by atoms with van der Waals surface area (Å²) in [7, 11) is 0. The monoisotopic (exact) mass is 296 g/mol. The zero-order valence-corrected chi connectivity index (χ0v) is 11.8. The summed E-state index contributed by atoms with van der Waals surface area (Å²) in [6.45, 7) is 0. The van der Waals surface area contributed by atoms with E-state index in [0.717, 1.165) is 5.69 Å². The number of nitrogens with zero attached hydrogens (tertiary/aromatic N) is 2. The molecule has 3 rings (SSSR count). The second kappa shape index (κ2) is 5.72. The smallest absolute Gasteiger partial charge is 0.258 e. The summed E-state index contributed by atoms with van der Waals surface area (Å²) in [6, 6.07) is 13.1. The highest BCUT2D eigenvalue weighted by molar-refractivity contribution is 7.71. The molecule has 5 nitrogen and oxygen atoms in total. The molecule has 0 fully saturated rings. The van der Waals surface area contributed by atoms with Gasteiger partial charge in [-0.15, -0.1) is 0 Å². The molecule has 0 unspecified atom stereocenters. The van der Waals surface area contributed by atoms with Gasteiger partial charge in [0.1, 0.15) is 4.64 Å². The summed E-state index contributed by atoms with van der Waals surface area (Å²) in [5.41, 5.74) is 1.97. The molecule has 2 aromatic heterocycles. The van der Waals surface area contributed by atoms with Crippen LogP contribution in [0.3, 0.4) is 0 Å². The summed E-state index contributed by atoms with van der Waals surface area (Å²) in [5, 5.41) is 7.00. The number of aromatic nitrogens is 3. The van der Waals surface area contributed by atoms with Crippen molar-refractivity contribution in [2.75, 3.05) is 5.32 Å². The summed E-state index contributed by atoms with van der Waals surface area (Å²) >= 11 is 5.09. The van der Waals surface area contributed by atoms with Crippen molar-refractivity contribution in [1.82, 2.24) is 14.8 Å². The lowest BCUT2D eigenvalue weighted by Crippen LogP contribution is -2.12. The summed E-state index contributed by atoms with van der Waals surface area (Å²) < 4.78 is 2.10. The molecular formula is C15H12N4OS. The van der Waals surface area contributed by atoms with Crippen LogP contribution in [0, 0.1) is 4.64 Å². The molecular weight excluding hydrogens is 284 g/mol. The van der Waals surface area contributed by atoms with Crippen LogP contribution in [0.4, 0.5) is 5.69 Å². The third-order valence-electron chi connectivity index (χ3n) is 2.92. The Morgan fingerprint density at radius 3 is 2.76 bits per heavy atom. The van der Waals surface area contributed by atoms with Gasteiger partial charge in [0.05, 0.1) is 29.3 Å². The van der Waals surface area contributed by atoms with Gasteiger partial charge >= 0.3 is 0 Å². The van der Waals surface area contributed by atoms with Crippen molar-refractivity contribution in [2.45, 2.75) is 0 Å². The number of pyridine rings is 1. The molecule has 0 aliphatic heterocycles. The number of hydrogen-bond donors (Lipinski definition) is 2. The normalized spacial score (nSPS) is 10.3. The van der Waals surface area contributed by atoms with E-state index in [9.17, 15) is 4.79 Å². The molecule has 104 valence electrons. The molecule has 6 heteroatoms. The van der Waals surface area contributed by atoms with Crippen molar-refractivity contribution in [2.24, 2.45) is 0 Å². The molecule has 0 aliphatic rings. The second-order valence-corrected chi connectivity index (χ2v) is 4.78. The van der Waals surface area contributed by atoms with E-state index in [1.807, 2.05) is 30.3 Å². The fraction of sp³-hybridized carbons (Fsp3) is 0. The molecule has 2 heterocycles. The van der Waals surface area contributed by atoms with Gasteiger partial charge in [0.2, 0.25) is 0 Å². The highest BCUT2D eigenvalue weighted by Crippen LogP contribution is 2.12. The zero-order chi connectivity index (χ0) is 14.7. The van der Waals surface area contributed by atoms with Gasteiger partial charge in [0.25, 0.3) is 5.91 Å². The Morgan fingerprint density at radius 2 is 2.00 bits per heavy atom. The van der Waals surface area contributed by atoms with Crippen LogP contribution in [-0.2, 0) is 0 Å². The Hall–Kier alpha value is -2.73. The maximum Gasteiger partial charge on any atom is 0.258 e. The fourth-order valence-corrected chi connectivity index (χ4v) is 2.14. The van der Waals surface area contributed by atoms with Gasteiger partial charge in [-0.25, -0.2) is 4.68 Å². The Balaban J connectivity index is 1.81. The van der Waals surface area contributed by atoms with Crippen LogP contribution < -0.4 is 5.32 Å². The zero-order valence-electron chi connectivity index (χ0n) is 11.0. The number of nitrogens with one attached hydrogen (secondary N) is 2. The third kappa shape index (κ3) is 2.90. The number of H-pyrrole nitrogens is 1. The van der Waals surface area contributed by atoms with E-state index in [1.54, 1.807) is 35.4 Å². The van der Waals surface area contributed by atoms with Crippen molar-refractivity contribution in [3.8, 4) is 5.69 Å². The highest BCUT2D eigenvalue weighted by atomic mass is 32.1. The number of carbonyl (C=O) groups is 1. The van der Waals surface area contributed by atoms with Crippen molar-refractivity contribution in [3.63, 3.8) is 0 Å². The van der Waals surface area contributed by atoms with Gasteiger partial charge in [0, 0.05) is 6.20 Å². The predicted molar refractivity (Wildman–Crippen MR) is 83.1 cm³/mol. The lowest BCUT2D eigenvalue weighted by molar-refractivity contribution is 0.102. The molecule has 0 atom stereocenters. The van der Waals surface area contributed by atoms with E-state index in [0.29, 0.717) is 15.9 Å².